The zero-order chi connectivity index (χ0) is 24.8. The fourth-order valence-electron chi connectivity index (χ4n) is 3.91. The minimum atomic E-state index is -4.45. The van der Waals surface area contributed by atoms with Crippen molar-refractivity contribution >= 4 is 22.8 Å². The first-order chi connectivity index (χ1) is 16.7. The van der Waals surface area contributed by atoms with Gasteiger partial charge in [-0.3, -0.25) is 4.79 Å². The third kappa shape index (κ3) is 4.29. The molecule has 11 heteroatoms. The Morgan fingerprint density at radius 1 is 1.20 bits per heavy atom. The van der Waals surface area contributed by atoms with Gasteiger partial charge in [-0.25, -0.2) is 9.37 Å². The normalized spacial score (nSPS) is 14.7. The van der Waals surface area contributed by atoms with Crippen LogP contribution in [0.3, 0.4) is 0 Å². The summed E-state index contributed by atoms with van der Waals surface area (Å²) in [6.45, 7) is 0. The number of nitrogens with one attached hydrogen (secondary N) is 2. The van der Waals surface area contributed by atoms with Crippen LogP contribution in [0.15, 0.2) is 53.3 Å². The molecule has 180 valence electrons. The van der Waals surface area contributed by atoms with Gasteiger partial charge in [0.05, 0.1) is 25.1 Å². The Kier molecular flexibility index (Phi) is 5.42. The number of fused-ring (bicyclic) bond motifs is 1. The molecule has 4 aromatic rings. The van der Waals surface area contributed by atoms with Gasteiger partial charge < -0.3 is 14.6 Å². The summed E-state index contributed by atoms with van der Waals surface area (Å²) >= 11 is 0. The van der Waals surface area contributed by atoms with E-state index in [0.717, 1.165) is 11.5 Å². The topological polar surface area (TPSA) is 91.4 Å². The van der Waals surface area contributed by atoms with Gasteiger partial charge in [0, 0.05) is 11.6 Å². The molecule has 0 bridgehead atoms. The number of nitrogens with zero attached hydrogens (tertiary/aromatic N) is 2. The van der Waals surface area contributed by atoms with Gasteiger partial charge in [0.25, 0.3) is 0 Å². The van der Waals surface area contributed by atoms with Crippen LogP contribution in [-0.2, 0) is 16.6 Å². The molecule has 3 aromatic heterocycles. The van der Waals surface area contributed by atoms with Crippen molar-refractivity contribution in [1.82, 2.24) is 10.1 Å². The average molecular weight is 487 g/mol. The summed E-state index contributed by atoms with van der Waals surface area (Å²) in [5.74, 6) is -1.13. The minimum absolute atomic E-state index is 0.0876. The summed E-state index contributed by atoms with van der Waals surface area (Å²) in [5, 5.41) is 6.65. The number of benzene rings is 1. The van der Waals surface area contributed by atoms with Gasteiger partial charge in [-0.05, 0) is 47.2 Å². The molecule has 0 radical (unpaired) electrons. The van der Waals surface area contributed by atoms with E-state index < -0.39 is 23.3 Å². The highest BCUT2D eigenvalue weighted by atomic mass is 19.4. The second kappa shape index (κ2) is 8.33. The van der Waals surface area contributed by atoms with E-state index in [1.54, 1.807) is 24.5 Å². The van der Waals surface area contributed by atoms with E-state index in [0.29, 0.717) is 22.5 Å². The lowest BCUT2D eigenvalue weighted by Crippen LogP contribution is -2.28. The number of halogens is 4. The molecule has 1 aliphatic carbocycles. The van der Waals surface area contributed by atoms with Crippen molar-refractivity contribution in [2.75, 3.05) is 12.4 Å². The summed E-state index contributed by atoms with van der Waals surface area (Å²) in [4.78, 5) is 19.7. The third-order valence-electron chi connectivity index (χ3n) is 6.08. The first-order valence-corrected chi connectivity index (χ1v) is 10.7. The molecule has 2 N–H and O–H groups in total. The molecule has 1 aromatic carbocycles. The average Bonchev–Trinajstić information content (AvgIpc) is 3.53. The molecule has 0 aliphatic heterocycles. The highest BCUT2D eigenvalue weighted by Crippen LogP contribution is 2.59. The van der Waals surface area contributed by atoms with Crippen molar-refractivity contribution in [2.24, 2.45) is 0 Å². The maximum atomic E-state index is 14.8. The highest BCUT2D eigenvalue weighted by Gasteiger charge is 2.66. The van der Waals surface area contributed by atoms with Crippen molar-refractivity contribution in [3.8, 4) is 16.9 Å². The van der Waals surface area contributed by atoms with Crippen LogP contribution in [0.5, 0.6) is 5.75 Å². The van der Waals surface area contributed by atoms with Crippen molar-refractivity contribution in [3.05, 3.63) is 65.9 Å². The largest absolute Gasteiger partial charge is 0.493 e. The number of H-pyrrole nitrogens is 1. The SMILES string of the molecule is COc1cnc2[nH+]cc(-c3ccc(CC(=O)Nc4cc(C5(C(F)(F)F)CC5)on4)c(F)c3)cc2c1. The molecule has 7 nitrogen and oxygen atoms in total. The van der Waals surface area contributed by atoms with E-state index in [4.69, 9.17) is 9.26 Å². The molecular weight excluding hydrogens is 468 g/mol. The van der Waals surface area contributed by atoms with E-state index in [1.165, 1.54) is 19.2 Å². The van der Waals surface area contributed by atoms with Gasteiger partial charge in [0.15, 0.2) is 23.5 Å². The van der Waals surface area contributed by atoms with Gasteiger partial charge in [-0.2, -0.15) is 13.2 Å². The number of hydrogen-bond acceptors (Lipinski definition) is 5. The number of methoxy groups -OCH3 is 1. The maximum Gasteiger partial charge on any atom is 0.401 e. The van der Waals surface area contributed by atoms with Crippen LogP contribution in [0.4, 0.5) is 23.4 Å². The number of pyridine rings is 2. The van der Waals surface area contributed by atoms with Crippen molar-refractivity contribution < 1.29 is 36.6 Å². The fourth-order valence-corrected chi connectivity index (χ4v) is 3.91. The first-order valence-electron chi connectivity index (χ1n) is 10.7. The van der Waals surface area contributed by atoms with Crippen molar-refractivity contribution in [1.29, 1.82) is 0 Å². The monoisotopic (exact) mass is 487 g/mol. The van der Waals surface area contributed by atoms with E-state index in [1.807, 2.05) is 6.07 Å². The van der Waals surface area contributed by atoms with Gasteiger partial charge in [-0.1, -0.05) is 17.3 Å². The summed E-state index contributed by atoms with van der Waals surface area (Å²) in [6, 6.07) is 9.15. The summed E-state index contributed by atoms with van der Waals surface area (Å²) in [6.07, 6.45) is -1.68. The fraction of sp³-hybridized carbons (Fsp3) is 0.250. The number of amides is 1. The van der Waals surface area contributed by atoms with Gasteiger partial charge >= 0.3 is 11.8 Å². The Labute approximate surface area is 196 Å². The molecule has 1 fully saturated rings. The molecule has 0 saturated heterocycles. The number of aromatic amines is 1. The predicted molar refractivity (Wildman–Crippen MR) is 116 cm³/mol. The summed E-state index contributed by atoms with van der Waals surface area (Å²) in [7, 11) is 1.54. The van der Waals surface area contributed by atoms with E-state index in [9.17, 15) is 22.4 Å². The van der Waals surface area contributed by atoms with Gasteiger partial charge in [-0.15, -0.1) is 0 Å². The number of hydrogen-bond donors (Lipinski definition) is 1. The van der Waals surface area contributed by atoms with E-state index >= 15 is 0 Å². The molecule has 1 saturated carbocycles. The second-order valence-electron chi connectivity index (χ2n) is 8.39. The van der Waals surface area contributed by atoms with Crippen LogP contribution < -0.4 is 15.0 Å². The number of carbonyl (C=O) groups is 1. The lowest BCUT2D eigenvalue weighted by Gasteiger charge is -2.14. The smallest absolute Gasteiger partial charge is 0.401 e. The Morgan fingerprint density at radius 3 is 2.69 bits per heavy atom. The number of anilines is 1. The molecule has 5 rings (SSSR count). The summed E-state index contributed by atoms with van der Waals surface area (Å²) in [5.41, 5.74) is 0.0119. The van der Waals surface area contributed by atoms with E-state index in [-0.39, 0.29) is 36.4 Å². The number of carbonyl (C=O) groups excluding carboxylic acids is 1. The predicted octanol–water partition coefficient (Wildman–Crippen LogP) is 4.63. The van der Waals surface area contributed by atoms with Gasteiger partial charge in [0.2, 0.25) is 5.91 Å². The Hall–Kier alpha value is -4.02. The standard InChI is InChI=1S/C24H18F4N4O3/c1-34-17-7-15-6-16(11-29-22(15)30-12-17)13-2-3-14(18(25)8-13)9-21(33)31-20-10-19(35-32-20)23(4-5-23)24(26,27)28/h2-3,6-8,10-12H,4-5,9H2,1H3,(H,31,32,33)/p+1. The summed E-state index contributed by atoms with van der Waals surface area (Å²) < 4.78 is 64.5. The molecule has 35 heavy (non-hydrogen) atoms. The molecule has 0 atom stereocenters. The zero-order valence-corrected chi connectivity index (χ0v) is 18.4. The second-order valence-corrected chi connectivity index (χ2v) is 8.39. The van der Waals surface area contributed by atoms with Crippen molar-refractivity contribution in [2.45, 2.75) is 30.9 Å². The molecule has 1 amide bonds. The third-order valence-corrected chi connectivity index (χ3v) is 6.08. The Bertz CT molecular complexity index is 1430. The van der Waals surface area contributed by atoms with Crippen molar-refractivity contribution in [3.63, 3.8) is 0 Å². The first kappa shape index (κ1) is 22.8. The van der Waals surface area contributed by atoms with Gasteiger partial charge in [0.1, 0.15) is 11.2 Å². The molecular formula is C24H19F4N4O3+. The quantitative estimate of drug-likeness (QED) is 0.401. The number of aromatic nitrogens is 3. The van der Waals surface area contributed by atoms with Crippen LogP contribution in [0, 0.1) is 5.82 Å². The Morgan fingerprint density at radius 2 is 2.00 bits per heavy atom. The number of ether oxygens (including phenoxy) is 1. The minimum Gasteiger partial charge on any atom is -0.493 e. The zero-order valence-electron chi connectivity index (χ0n) is 18.4. The lowest BCUT2D eigenvalue weighted by atomic mass is 10.0. The molecule has 3 heterocycles. The van der Waals surface area contributed by atoms with Crippen LogP contribution in [0.25, 0.3) is 22.2 Å². The van der Waals surface area contributed by atoms with Crippen LogP contribution in [0.1, 0.15) is 24.2 Å². The van der Waals surface area contributed by atoms with Crippen LogP contribution >= 0.6 is 0 Å². The molecule has 1 aliphatic rings. The Balaban J connectivity index is 1.29. The number of alkyl halides is 3. The van der Waals surface area contributed by atoms with Crippen LogP contribution in [-0.4, -0.2) is 29.3 Å². The maximum absolute atomic E-state index is 14.8. The highest BCUT2D eigenvalue weighted by molar-refractivity contribution is 5.91. The molecule has 0 unspecified atom stereocenters. The number of rotatable bonds is 6. The molecule has 0 spiro atoms. The lowest BCUT2D eigenvalue weighted by molar-refractivity contribution is -0.346. The van der Waals surface area contributed by atoms with Crippen LogP contribution in [0.2, 0.25) is 0 Å². The van der Waals surface area contributed by atoms with E-state index in [2.05, 4.69) is 20.4 Å².